The van der Waals surface area contributed by atoms with Gasteiger partial charge in [0.05, 0.1) is 37.6 Å². The number of hydrogen-bond donors (Lipinski definition) is 0. The van der Waals surface area contributed by atoms with E-state index < -0.39 is 0 Å². The highest BCUT2D eigenvalue weighted by molar-refractivity contribution is 5.87. The molecule has 0 saturated heterocycles. The molecular weight excluding hydrogens is 466 g/mol. The van der Waals surface area contributed by atoms with Crippen LogP contribution in [0.2, 0.25) is 0 Å². The van der Waals surface area contributed by atoms with Crippen molar-refractivity contribution in [2.24, 2.45) is 5.92 Å². The quantitative estimate of drug-likeness (QED) is 0.213. The number of pyridine rings is 1. The first-order valence-corrected chi connectivity index (χ1v) is 13.9. The summed E-state index contributed by atoms with van der Waals surface area (Å²) in [4.78, 5) is 13.8. The Hall–Kier alpha value is -3.15. The first kappa shape index (κ1) is 28.4. The smallest absolute Gasteiger partial charge is 0.231 e. The van der Waals surface area contributed by atoms with Crippen LogP contribution in [0.4, 0.5) is 0 Å². The van der Waals surface area contributed by atoms with Crippen LogP contribution < -0.4 is 24.4 Å². The van der Waals surface area contributed by atoms with Crippen molar-refractivity contribution in [2.75, 3.05) is 26.4 Å². The van der Waals surface area contributed by atoms with E-state index in [1.807, 2.05) is 64.1 Å². The van der Waals surface area contributed by atoms with Gasteiger partial charge in [-0.25, -0.2) is 0 Å². The number of rotatable bonds is 15. The summed E-state index contributed by atoms with van der Waals surface area (Å²) in [5.41, 5.74) is 2.38. The van der Waals surface area contributed by atoms with Crippen molar-refractivity contribution in [1.82, 2.24) is 4.57 Å². The summed E-state index contributed by atoms with van der Waals surface area (Å²) in [7, 11) is 0. The van der Waals surface area contributed by atoms with E-state index in [9.17, 15) is 4.79 Å². The van der Waals surface area contributed by atoms with Gasteiger partial charge in [0.1, 0.15) is 5.75 Å². The minimum Gasteiger partial charge on any atom is -0.494 e. The maximum Gasteiger partial charge on any atom is 0.231 e. The molecule has 0 fully saturated rings. The van der Waals surface area contributed by atoms with Crippen molar-refractivity contribution < 1.29 is 18.9 Å². The molecule has 0 spiro atoms. The molecule has 1 atom stereocenters. The number of hydrogen-bond acceptors (Lipinski definition) is 5. The lowest BCUT2D eigenvalue weighted by atomic mass is 9.97. The molecular formula is C31H43NO5. The zero-order chi connectivity index (χ0) is 26.8. The molecule has 6 nitrogen and oxygen atoms in total. The second-order valence-electron chi connectivity index (χ2n) is 9.11. The molecule has 0 aliphatic rings. The zero-order valence-electron chi connectivity index (χ0n) is 23.4. The van der Waals surface area contributed by atoms with Gasteiger partial charge >= 0.3 is 0 Å². The molecule has 0 saturated carbocycles. The Morgan fingerprint density at radius 2 is 1.49 bits per heavy atom. The maximum absolute atomic E-state index is 13.8. The van der Waals surface area contributed by atoms with Crippen molar-refractivity contribution in [2.45, 2.75) is 73.8 Å². The molecule has 6 heteroatoms. The number of ether oxygens (including phenoxy) is 4. The number of nitrogens with zero attached hydrogens (tertiary/aromatic N) is 1. The van der Waals surface area contributed by atoms with E-state index in [1.54, 1.807) is 0 Å². The third kappa shape index (κ3) is 6.60. The lowest BCUT2D eigenvalue weighted by Gasteiger charge is -2.25. The van der Waals surface area contributed by atoms with Gasteiger partial charge in [0.2, 0.25) is 5.43 Å². The van der Waals surface area contributed by atoms with Crippen molar-refractivity contribution >= 4 is 10.9 Å². The monoisotopic (exact) mass is 509 g/mol. The van der Waals surface area contributed by atoms with Gasteiger partial charge in [-0.1, -0.05) is 33.1 Å². The van der Waals surface area contributed by atoms with E-state index in [-0.39, 0.29) is 5.43 Å². The van der Waals surface area contributed by atoms with Crippen LogP contribution in [0.5, 0.6) is 23.0 Å². The van der Waals surface area contributed by atoms with Crippen LogP contribution in [-0.2, 0) is 6.54 Å². The van der Waals surface area contributed by atoms with Crippen LogP contribution in [-0.4, -0.2) is 31.0 Å². The Kier molecular flexibility index (Phi) is 10.7. The summed E-state index contributed by atoms with van der Waals surface area (Å²) in [6.07, 6.45) is 4.51. The molecule has 3 aromatic rings. The lowest BCUT2D eigenvalue weighted by molar-refractivity contribution is 0.288. The van der Waals surface area contributed by atoms with Gasteiger partial charge in [0.15, 0.2) is 17.2 Å². The Morgan fingerprint density at radius 3 is 2.14 bits per heavy atom. The number of unbranched alkanes of at least 4 members (excludes halogenated alkanes) is 1. The van der Waals surface area contributed by atoms with Gasteiger partial charge in [0.25, 0.3) is 0 Å². The predicted octanol–water partition coefficient (Wildman–Crippen LogP) is 7.48. The van der Waals surface area contributed by atoms with E-state index in [0.29, 0.717) is 55.0 Å². The summed E-state index contributed by atoms with van der Waals surface area (Å²) < 4.78 is 25.9. The average Bonchev–Trinajstić information content (AvgIpc) is 2.90. The molecule has 202 valence electrons. The van der Waals surface area contributed by atoms with Gasteiger partial charge in [0, 0.05) is 23.6 Å². The Balaban J connectivity index is 2.38. The number of benzene rings is 2. The highest BCUT2D eigenvalue weighted by Gasteiger charge is 2.23. The van der Waals surface area contributed by atoms with E-state index in [1.165, 1.54) is 6.42 Å². The minimum atomic E-state index is -0.111. The SMILES string of the molecule is CCCCC(CC)Cn1c(-c2ccc(OCC)c(OCC)c2)c(OCC)c(=O)c2ccc(OCC)cc21. The average molecular weight is 510 g/mol. The summed E-state index contributed by atoms with van der Waals surface area (Å²) in [5, 5.41) is 0.636. The first-order chi connectivity index (χ1) is 18.0. The van der Waals surface area contributed by atoms with Crippen molar-refractivity contribution in [3.8, 4) is 34.3 Å². The van der Waals surface area contributed by atoms with Gasteiger partial charge in [-0.2, -0.15) is 0 Å². The van der Waals surface area contributed by atoms with Crippen molar-refractivity contribution in [3.63, 3.8) is 0 Å². The summed E-state index contributed by atoms with van der Waals surface area (Å²) in [5.74, 6) is 2.93. The highest BCUT2D eigenvalue weighted by atomic mass is 16.5. The molecule has 2 aromatic carbocycles. The Labute approximate surface area is 221 Å². The fourth-order valence-corrected chi connectivity index (χ4v) is 4.78. The van der Waals surface area contributed by atoms with Crippen molar-refractivity contribution in [3.05, 3.63) is 46.6 Å². The standard InChI is InChI=1S/C31H43NO5/c1-7-13-14-22(8-2)21-32-26-20-24(34-9-3)16-17-25(26)30(33)31(37-12-6)29(32)23-15-18-27(35-10-4)28(19-23)36-11-5/h15-20,22H,7-14,21H2,1-6H3. The Morgan fingerprint density at radius 1 is 0.784 bits per heavy atom. The maximum atomic E-state index is 13.8. The lowest BCUT2D eigenvalue weighted by Crippen LogP contribution is -2.20. The fourth-order valence-electron chi connectivity index (χ4n) is 4.78. The van der Waals surface area contributed by atoms with Crippen LogP contribution in [0, 0.1) is 5.92 Å². The molecule has 1 heterocycles. The molecule has 0 radical (unpaired) electrons. The largest absolute Gasteiger partial charge is 0.494 e. The molecule has 0 amide bonds. The number of aromatic nitrogens is 1. The molecule has 0 aliphatic carbocycles. The molecule has 0 N–H and O–H groups in total. The molecule has 37 heavy (non-hydrogen) atoms. The third-order valence-electron chi connectivity index (χ3n) is 6.60. The van der Waals surface area contributed by atoms with Crippen LogP contribution in [0.1, 0.15) is 67.2 Å². The summed E-state index contributed by atoms with van der Waals surface area (Å²) >= 11 is 0. The van der Waals surface area contributed by atoms with Gasteiger partial charge in [-0.15, -0.1) is 0 Å². The second-order valence-corrected chi connectivity index (χ2v) is 9.11. The second kappa shape index (κ2) is 14.0. The van der Waals surface area contributed by atoms with Gasteiger partial charge in [-0.05, 0) is 70.4 Å². The predicted molar refractivity (Wildman–Crippen MR) is 152 cm³/mol. The van der Waals surface area contributed by atoms with Gasteiger partial charge < -0.3 is 23.5 Å². The number of fused-ring (bicyclic) bond motifs is 1. The third-order valence-corrected chi connectivity index (χ3v) is 6.60. The van der Waals surface area contributed by atoms with Crippen LogP contribution in [0.25, 0.3) is 22.2 Å². The van der Waals surface area contributed by atoms with E-state index in [4.69, 9.17) is 18.9 Å². The van der Waals surface area contributed by atoms with Crippen LogP contribution in [0.3, 0.4) is 0 Å². The van der Waals surface area contributed by atoms with Crippen LogP contribution >= 0.6 is 0 Å². The van der Waals surface area contributed by atoms with E-state index in [2.05, 4.69) is 18.4 Å². The van der Waals surface area contributed by atoms with Gasteiger partial charge in [-0.3, -0.25) is 4.79 Å². The topological polar surface area (TPSA) is 58.9 Å². The molecule has 3 rings (SSSR count). The summed E-state index contributed by atoms with van der Waals surface area (Å²) in [6.45, 7) is 15.0. The Bertz CT molecular complexity index is 1220. The normalized spacial score (nSPS) is 11.9. The molecule has 1 aromatic heterocycles. The van der Waals surface area contributed by atoms with Crippen LogP contribution in [0.15, 0.2) is 41.2 Å². The minimum absolute atomic E-state index is 0.111. The zero-order valence-corrected chi connectivity index (χ0v) is 23.4. The van der Waals surface area contributed by atoms with E-state index in [0.717, 1.165) is 48.3 Å². The van der Waals surface area contributed by atoms with E-state index >= 15 is 0 Å². The molecule has 1 unspecified atom stereocenters. The van der Waals surface area contributed by atoms with Crippen molar-refractivity contribution in [1.29, 1.82) is 0 Å². The molecule has 0 aliphatic heterocycles. The first-order valence-electron chi connectivity index (χ1n) is 13.9. The fraction of sp³-hybridized carbons (Fsp3) is 0.516. The highest BCUT2D eigenvalue weighted by Crippen LogP contribution is 2.38. The summed E-state index contributed by atoms with van der Waals surface area (Å²) in [6, 6.07) is 11.6. The molecule has 0 bridgehead atoms.